The van der Waals surface area contributed by atoms with Gasteiger partial charge in [0, 0.05) is 30.9 Å². The molecule has 0 bridgehead atoms. The van der Waals surface area contributed by atoms with Crippen molar-refractivity contribution in [1.29, 1.82) is 0 Å². The molecule has 0 aromatic carbocycles. The van der Waals surface area contributed by atoms with Crippen LogP contribution in [0.4, 0.5) is 0 Å². The van der Waals surface area contributed by atoms with Crippen molar-refractivity contribution in [3.8, 4) is 0 Å². The number of aryl methyl sites for hydroxylation is 1. The molecule has 0 spiro atoms. The van der Waals surface area contributed by atoms with Crippen LogP contribution in [0.5, 0.6) is 0 Å². The Hall–Kier alpha value is -1.89. The molecule has 1 saturated heterocycles. The monoisotopic (exact) mass is 323 g/mol. The van der Waals surface area contributed by atoms with E-state index in [-0.39, 0.29) is 24.3 Å². The second kappa shape index (κ2) is 7.93. The molecule has 0 radical (unpaired) electrons. The summed E-state index contributed by atoms with van der Waals surface area (Å²) in [4.78, 5) is 38.7. The first-order valence-corrected chi connectivity index (χ1v) is 8.27. The topological polar surface area (TPSA) is 78.5 Å². The Morgan fingerprint density at radius 2 is 1.91 bits per heavy atom. The number of carbonyl (C=O) groups excluding carboxylic acids is 3. The zero-order chi connectivity index (χ0) is 15.9. The van der Waals surface area contributed by atoms with Gasteiger partial charge in [-0.15, -0.1) is 11.3 Å². The second-order valence-corrected chi connectivity index (χ2v) is 6.57. The molecule has 1 aromatic rings. The Bertz CT molecular complexity index is 550. The van der Waals surface area contributed by atoms with Gasteiger partial charge in [-0.3, -0.25) is 14.4 Å². The summed E-state index contributed by atoms with van der Waals surface area (Å²) in [5.74, 6) is -0.451. The quantitative estimate of drug-likeness (QED) is 0.817. The van der Waals surface area contributed by atoms with Crippen molar-refractivity contribution in [3.05, 3.63) is 21.9 Å². The zero-order valence-electron chi connectivity index (χ0n) is 12.7. The Balaban J connectivity index is 1.61. The van der Waals surface area contributed by atoms with Gasteiger partial charge >= 0.3 is 0 Å². The molecule has 22 heavy (non-hydrogen) atoms. The maximum Gasteiger partial charge on any atom is 0.261 e. The molecular weight excluding hydrogens is 302 g/mol. The van der Waals surface area contributed by atoms with Gasteiger partial charge < -0.3 is 15.5 Å². The SMILES string of the molecule is Cc1ccc(C(=O)NCC(=O)NCCC(=O)N2CCCC2)s1. The summed E-state index contributed by atoms with van der Waals surface area (Å²) in [5.41, 5.74) is 0. The molecule has 1 fully saturated rings. The minimum absolute atomic E-state index is 0.0757. The maximum absolute atomic E-state index is 11.8. The van der Waals surface area contributed by atoms with Crippen LogP contribution in [0.25, 0.3) is 0 Å². The molecule has 2 heterocycles. The molecule has 7 heteroatoms. The number of carbonyl (C=O) groups is 3. The van der Waals surface area contributed by atoms with Gasteiger partial charge in [-0.1, -0.05) is 0 Å². The smallest absolute Gasteiger partial charge is 0.261 e. The zero-order valence-corrected chi connectivity index (χ0v) is 13.5. The van der Waals surface area contributed by atoms with Crippen LogP contribution in [0, 0.1) is 6.92 Å². The highest BCUT2D eigenvalue weighted by Crippen LogP contribution is 2.14. The van der Waals surface area contributed by atoms with Gasteiger partial charge in [-0.2, -0.15) is 0 Å². The van der Waals surface area contributed by atoms with Gasteiger partial charge in [0.2, 0.25) is 11.8 Å². The highest BCUT2D eigenvalue weighted by Gasteiger charge is 2.17. The van der Waals surface area contributed by atoms with Crippen molar-refractivity contribution in [1.82, 2.24) is 15.5 Å². The van der Waals surface area contributed by atoms with E-state index in [1.54, 1.807) is 6.07 Å². The summed E-state index contributed by atoms with van der Waals surface area (Å²) in [6, 6.07) is 3.60. The summed E-state index contributed by atoms with van der Waals surface area (Å²) >= 11 is 1.39. The molecule has 1 aliphatic heterocycles. The number of likely N-dealkylation sites (tertiary alicyclic amines) is 1. The number of hydrogen-bond acceptors (Lipinski definition) is 4. The first-order valence-electron chi connectivity index (χ1n) is 7.45. The molecule has 2 rings (SSSR count). The van der Waals surface area contributed by atoms with Crippen LogP contribution in [-0.4, -0.2) is 48.8 Å². The molecule has 3 amide bonds. The average molecular weight is 323 g/mol. The molecule has 0 saturated carbocycles. The first-order chi connectivity index (χ1) is 10.6. The summed E-state index contributed by atoms with van der Waals surface area (Å²) in [6.45, 7) is 3.80. The lowest BCUT2D eigenvalue weighted by atomic mass is 10.3. The summed E-state index contributed by atoms with van der Waals surface area (Å²) in [5, 5.41) is 5.22. The molecule has 0 unspecified atom stereocenters. The normalized spacial score (nSPS) is 14.0. The van der Waals surface area contributed by atoms with Gasteiger partial charge in [0.1, 0.15) is 0 Å². The van der Waals surface area contributed by atoms with Crippen molar-refractivity contribution in [3.63, 3.8) is 0 Å². The molecule has 6 nitrogen and oxygen atoms in total. The van der Waals surface area contributed by atoms with Gasteiger partial charge in [-0.25, -0.2) is 0 Å². The van der Waals surface area contributed by atoms with E-state index in [4.69, 9.17) is 0 Å². The van der Waals surface area contributed by atoms with Crippen molar-refractivity contribution in [2.75, 3.05) is 26.2 Å². The lowest BCUT2D eigenvalue weighted by Crippen LogP contribution is -2.38. The molecule has 1 aromatic heterocycles. The Labute approximate surface area is 133 Å². The number of nitrogens with one attached hydrogen (secondary N) is 2. The Morgan fingerprint density at radius 3 is 2.55 bits per heavy atom. The highest BCUT2D eigenvalue weighted by molar-refractivity contribution is 7.13. The van der Waals surface area contributed by atoms with Crippen LogP contribution in [0.15, 0.2) is 12.1 Å². The van der Waals surface area contributed by atoms with Gasteiger partial charge in [0.25, 0.3) is 5.91 Å². The molecular formula is C15H21N3O3S. The van der Waals surface area contributed by atoms with Gasteiger partial charge in [-0.05, 0) is 31.9 Å². The fourth-order valence-electron chi connectivity index (χ4n) is 2.30. The summed E-state index contributed by atoms with van der Waals surface area (Å²) < 4.78 is 0. The molecule has 0 atom stereocenters. The third kappa shape index (κ3) is 4.84. The third-order valence-corrected chi connectivity index (χ3v) is 4.49. The fourth-order valence-corrected chi connectivity index (χ4v) is 3.08. The maximum atomic E-state index is 11.8. The second-order valence-electron chi connectivity index (χ2n) is 5.28. The van der Waals surface area contributed by atoms with Crippen LogP contribution in [0.2, 0.25) is 0 Å². The largest absolute Gasteiger partial charge is 0.354 e. The van der Waals surface area contributed by atoms with E-state index in [1.165, 1.54) is 11.3 Å². The minimum atomic E-state index is -0.282. The standard InChI is InChI=1S/C15H21N3O3S/c1-11-4-5-12(22-11)15(21)17-10-13(19)16-7-6-14(20)18-8-2-3-9-18/h4-5H,2-3,6-10H2,1H3,(H,16,19)(H,17,21). The van der Waals surface area contributed by atoms with Gasteiger partial charge in [0.15, 0.2) is 0 Å². The van der Waals surface area contributed by atoms with Crippen molar-refractivity contribution in [2.45, 2.75) is 26.2 Å². The minimum Gasteiger partial charge on any atom is -0.354 e. The van der Waals surface area contributed by atoms with Crippen LogP contribution in [0.1, 0.15) is 33.8 Å². The van der Waals surface area contributed by atoms with E-state index >= 15 is 0 Å². The highest BCUT2D eigenvalue weighted by atomic mass is 32.1. The predicted octanol–water partition coefficient (Wildman–Crippen LogP) is 0.915. The summed E-state index contributed by atoms with van der Waals surface area (Å²) in [7, 11) is 0. The van der Waals surface area contributed by atoms with Crippen LogP contribution >= 0.6 is 11.3 Å². The molecule has 2 N–H and O–H groups in total. The van der Waals surface area contributed by atoms with Crippen LogP contribution < -0.4 is 10.6 Å². The van der Waals surface area contributed by atoms with E-state index in [0.717, 1.165) is 30.8 Å². The third-order valence-electron chi connectivity index (χ3n) is 3.49. The predicted molar refractivity (Wildman–Crippen MR) is 84.8 cm³/mol. The molecule has 1 aliphatic rings. The molecule has 120 valence electrons. The van der Waals surface area contributed by atoms with E-state index in [9.17, 15) is 14.4 Å². The number of rotatable bonds is 6. The van der Waals surface area contributed by atoms with Crippen molar-refractivity contribution in [2.24, 2.45) is 0 Å². The van der Waals surface area contributed by atoms with E-state index in [0.29, 0.717) is 17.8 Å². The lowest BCUT2D eigenvalue weighted by Gasteiger charge is -2.15. The first kappa shape index (κ1) is 16.5. The summed E-state index contributed by atoms with van der Waals surface area (Å²) in [6.07, 6.45) is 2.43. The number of amides is 3. The van der Waals surface area contributed by atoms with E-state index < -0.39 is 0 Å². The van der Waals surface area contributed by atoms with Gasteiger partial charge in [0.05, 0.1) is 11.4 Å². The Morgan fingerprint density at radius 1 is 1.18 bits per heavy atom. The van der Waals surface area contributed by atoms with Crippen molar-refractivity contribution >= 4 is 29.1 Å². The number of nitrogens with zero attached hydrogens (tertiary/aromatic N) is 1. The average Bonchev–Trinajstić information content (AvgIpc) is 3.15. The number of hydrogen-bond donors (Lipinski definition) is 2. The van der Waals surface area contributed by atoms with Crippen LogP contribution in [0.3, 0.4) is 0 Å². The van der Waals surface area contributed by atoms with E-state index in [2.05, 4.69) is 10.6 Å². The lowest BCUT2D eigenvalue weighted by molar-refractivity contribution is -0.130. The Kier molecular flexibility index (Phi) is 5.94. The van der Waals surface area contributed by atoms with E-state index in [1.807, 2.05) is 17.9 Å². The fraction of sp³-hybridized carbons (Fsp3) is 0.533. The van der Waals surface area contributed by atoms with Crippen LogP contribution in [-0.2, 0) is 9.59 Å². The number of thiophene rings is 1. The molecule has 0 aliphatic carbocycles. The van der Waals surface area contributed by atoms with Crippen molar-refractivity contribution < 1.29 is 14.4 Å².